The fourth-order valence-electron chi connectivity index (χ4n) is 1.21. The maximum atomic E-state index is 13.3. The summed E-state index contributed by atoms with van der Waals surface area (Å²) in [5.74, 6) is -1.08. The largest absolute Gasteiger partial charge is 0.319 e. The molecule has 1 aromatic carbocycles. The Labute approximate surface area is 91.2 Å². The van der Waals surface area contributed by atoms with Crippen LogP contribution < -0.4 is 5.32 Å². The Bertz CT molecular complexity index is 502. The van der Waals surface area contributed by atoms with Crippen LogP contribution >= 0.6 is 0 Å². The number of aromatic nitrogens is 2. The maximum absolute atomic E-state index is 13.3. The third kappa shape index (κ3) is 2.20. The van der Waals surface area contributed by atoms with Crippen LogP contribution in [0.4, 0.5) is 10.1 Å². The first-order valence-electron chi connectivity index (χ1n) is 4.58. The molecule has 0 spiro atoms. The summed E-state index contributed by atoms with van der Waals surface area (Å²) in [6.45, 7) is 0. The van der Waals surface area contributed by atoms with Gasteiger partial charge in [-0.15, -0.1) is 0 Å². The van der Waals surface area contributed by atoms with Crippen molar-refractivity contribution in [3.63, 3.8) is 0 Å². The number of rotatable bonds is 2. The molecule has 16 heavy (non-hydrogen) atoms. The van der Waals surface area contributed by atoms with E-state index in [1.54, 1.807) is 6.07 Å². The molecule has 0 atom stereocenters. The predicted octanol–water partition coefficient (Wildman–Crippen LogP) is 1.87. The summed E-state index contributed by atoms with van der Waals surface area (Å²) < 4.78 is 13.3. The minimum atomic E-state index is -0.558. The van der Waals surface area contributed by atoms with Gasteiger partial charge >= 0.3 is 0 Å². The van der Waals surface area contributed by atoms with Crippen molar-refractivity contribution in [3.8, 4) is 0 Å². The highest BCUT2D eigenvalue weighted by Gasteiger charge is 2.10. The number of carbonyl (C=O) groups excluding carboxylic acids is 1. The number of benzene rings is 1. The van der Waals surface area contributed by atoms with Crippen molar-refractivity contribution in [2.75, 3.05) is 5.32 Å². The molecular formula is C11H8FN3O. The van der Waals surface area contributed by atoms with Crippen molar-refractivity contribution >= 4 is 11.6 Å². The molecule has 1 amide bonds. The van der Waals surface area contributed by atoms with Crippen LogP contribution in [-0.4, -0.2) is 15.9 Å². The van der Waals surface area contributed by atoms with Gasteiger partial charge in [0.2, 0.25) is 0 Å². The molecule has 2 aromatic rings. The van der Waals surface area contributed by atoms with Crippen LogP contribution in [0.2, 0.25) is 0 Å². The number of halogens is 1. The number of nitrogens with one attached hydrogen (secondary N) is 1. The van der Waals surface area contributed by atoms with E-state index in [-0.39, 0.29) is 5.56 Å². The van der Waals surface area contributed by atoms with Gasteiger partial charge in [0, 0.05) is 0 Å². The Morgan fingerprint density at radius 3 is 2.56 bits per heavy atom. The summed E-state index contributed by atoms with van der Waals surface area (Å²) in [5.41, 5.74) is 0.419. The first kappa shape index (κ1) is 10.2. The van der Waals surface area contributed by atoms with E-state index in [4.69, 9.17) is 0 Å². The number of hydrogen-bond donors (Lipinski definition) is 1. The normalized spacial score (nSPS) is 9.81. The standard InChI is InChI=1S/C11H8FN3O/c12-10-4-2-1-3-9(10)11(16)15-8-5-13-7-14-6-8/h1-7H,(H,15,16). The SMILES string of the molecule is O=C(Nc1cncnc1)c1ccccc1F. The van der Waals surface area contributed by atoms with Gasteiger partial charge in [-0.3, -0.25) is 4.79 Å². The molecule has 1 heterocycles. The molecule has 80 valence electrons. The van der Waals surface area contributed by atoms with E-state index in [2.05, 4.69) is 15.3 Å². The molecule has 0 aliphatic rings. The van der Waals surface area contributed by atoms with Crippen molar-refractivity contribution in [1.29, 1.82) is 0 Å². The molecule has 5 heteroatoms. The second-order valence-electron chi connectivity index (χ2n) is 3.06. The number of nitrogens with zero attached hydrogens (tertiary/aromatic N) is 2. The summed E-state index contributed by atoms with van der Waals surface area (Å²) in [4.78, 5) is 19.1. The van der Waals surface area contributed by atoms with Gasteiger partial charge in [-0.05, 0) is 12.1 Å². The van der Waals surface area contributed by atoms with Gasteiger partial charge in [-0.2, -0.15) is 0 Å². The lowest BCUT2D eigenvalue weighted by Crippen LogP contribution is -2.13. The third-order valence-electron chi connectivity index (χ3n) is 1.94. The van der Waals surface area contributed by atoms with Crippen LogP contribution in [0.3, 0.4) is 0 Å². The third-order valence-corrected chi connectivity index (χ3v) is 1.94. The molecule has 0 aliphatic carbocycles. The van der Waals surface area contributed by atoms with Crippen molar-refractivity contribution in [3.05, 3.63) is 54.4 Å². The van der Waals surface area contributed by atoms with Crippen molar-refractivity contribution < 1.29 is 9.18 Å². The first-order valence-corrected chi connectivity index (χ1v) is 4.58. The summed E-state index contributed by atoms with van der Waals surface area (Å²) in [6, 6.07) is 5.77. The van der Waals surface area contributed by atoms with E-state index in [0.29, 0.717) is 5.69 Å². The van der Waals surface area contributed by atoms with Crippen LogP contribution in [-0.2, 0) is 0 Å². The molecule has 0 bridgehead atoms. The highest BCUT2D eigenvalue weighted by molar-refractivity contribution is 6.04. The van der Waals surface area contributed by atoms with Crippen LogP contribution in [0.15, 0.2) is 43.0 Å². The molecule has 0 aliphatic heterocycles. The first-order chi connectivity index (χ1) is 7.77. The summed E-state index contributed by atoms with van der Waals surface area (Å²) >= 11 is 0. The molecular weight excluding hydrogens is 209 g/mol. The minimum absolute atomic E-state index is 0.00801. The van der Waals surface area contributed by atoms with E-state index in [1.165, 1.54) is 36.9 Å². The smallest absolute Gasteiger partial charge is 0.258 e. The molecule has 2 rings (SSSR count). The van der Waals surface area contributed by atoms with Crippen molar-refractivity contribution in [2.24, 2.45) is 0 Å². The van der Waals surface area contributed by atoms with Crippen LogP contribution in [0.1, 0.15) is 10.4 Å². The Kier molecular flexibility index (Phi) is 2.86. The van der Waals surface area contributed by atoms with E-state index < -0.39 is 11.7 Å². The molecule has 1 aromatic heterocycles. The van der Waals surface area contributed by atoms with Gasteiger partial charge in [0.1, 0.15) is 12.1 Å². The van der Waals surface area contributed by atoms with E-state index >= 15 is 0 Å². The number of amides is 1. The lowest BCUT2D eigenvalue weighted by Gasteiger charge is -2.04. The monoisotopic (exact) mass is 217 g/mol. The Balaban J connectivity index is 2.19. The topological polar surface area (TPSA) is 54.9 Å². The number of hydrogen-bond acceptors (Lipinski definition) is 3. The average molecular weight is 217 g/mol. The molecule has 0 saturated carbocycles. The van der Waals surface area contributed by atoms with Crippen LogP contribution in [0.25, 0.3) is 0 Å². The fourth-order valence-corrected chi connectivity index (χ4v) is 1.21. The van der Waals surface area contributed by atoms with Gasteiger partial charge in [-0.25, -0.2) is 14.4 Å². The lowest BCUT2D eigenvalue weighted by molar-refractivity contribution is 0.102. The number of carbonyl (C=O) groups is 1. The van der Waals surface area contributed by atoms with Gasteiger partial charge in [0.05, 0.1) is 23.6 Å². The summed E-state index contributed by atoms with van der Waals surface area (Å²) in [7, 11) is 0. The highest BCUT2D eigenvalue weighted by Crippen LogP contribution is 2.09. The lowest BCUT2D eigenvalue weighted by atomic mass is 10.2. The minimum Gasteiger partial charge on any atom is -0.319 e. The highest BCUT2D eigenvalue weighted by atomic mass is 19.1. The van der Waals surface area contributed by atoms with E-state index in [0.717, 1.165) is 0 Å². The molecule has 0 fully saturated rings. The molecule has 4 nitrogen and oxygen atoms in total. The van der Waals surface area contributed by atoms with E-state index in [1.807, 2.05) is 0 Å². The second-order valence-corrected chi connectivity index (χ2v) is 3.06. The molecule has 0 radical (unpaired) electrons. The van der Waals surface area contributed by atoms with Crippen molar-refractivity contribution in [1.82, 2.24) is 9.97 Å². The zero-order chi connectivity index (χ0) is 11.4. The quantitative estimate of drug-likeness (QED) is 0.835. The molecule has 0 saturated heterocycles. The van der Waals surface area contributed by atoms with Gasteiger partial charge in [0.15, 0.2) is 0 Å². The maximum Gasteiger partial charge on any atom is 0.258 e. The van der Waals surface area contributed by atoms with Gasteiger partial charge < -0.3 is 5.32 Å². The second kappa shape index (κ2) is 4.48. The molecule has 0 unspecified atom stereocenters. The van der Waals surface area contributed by atoms with Crippen molar-refractivity contribution in [2.45, 2.75) is 0 Å². The Hall–Kier alpha value is -2.30. The van der Waals surface area contributed by atoms with Crippen LogP contribution in [0, 0.1) is 5.82 Å². The fraction of sp³-hybridized carbons (Fsp3) is 0. The summed E-state index contributed by atoms with van der Waals surface area (Å²) in [5, 5.41) is 2.50. The average Bonchev–Trinajstić information content (AvgIpc) is 2.31. The summed E-state index contributed by atoms with van der Waals surface area (Å²) in [6.07, 6.45) is 4.22. The zero-order valence-electron chi connectivity index (χ0n) is 8.22. The van der Waals surface area contributed by atoms with Gasteiger partial charge in [-0.1, -0.05) is 12.1 Å². The van der Waals surface area contributed by atoms with E-state index in [9.17, 15) is 9.18 Å². The zero-order valence-corrected chi connectivity index (χ0v) is 8.22. The predicted molar refractivity (Wildman–Crippen MR) is 56.4 cm³/mol. The Morgan fingerprint density at radius 2 is 1.88 bits per heavy atom. The Morgan fingerprint density at radius 1 is 1.19 bits per heavy atom. The number of anilines is 1. The molecule has 1 N–H and O–H groups in total. The van der Waals surface area contributed by atoms with Gasteiger partial charge in [0.25, 0.3) is 5.91 Å². The van der Waals surface area contributed by atoms with Crippen LogP contribution in [0.5, 0.6) is 0 Å².